The van der Waals surface area contributed by atoms with Crippen molar-refractivity contribution in [3.63, 3.8) is 0 Å². The molecule has 1 fully saturated rings. The van der Waals surface area contributed by atoms with Crippen LogP contribution in [0.1, 0.15) is 24.1 Å². The van der Waals surface area contributed by atoms with Crippen LogP contribution in [0.4, 0.5) is 0 Å². The van der Waals surface area contributed by atoms with E-state index in [1.807, 2.05) is 0 Å². The molecule has 0 aliphatic heterocycles. The van der Waals surface area contributed by atoms with Crippen molar-refractivity contribution in [3.8, 4) is 0 Å². The van der Waals surface area contributed by atoms with E-state index >= 15 is 0 Å². The van der Waals surface area contributed by atoms with E-state index in [2.05, 4.69) is 33.0 Å². The minimum Gasteiger partial charge on any atom is -0.388 e. The fraction of sp³-hybridized carbons (Fsp3) is 0.545. The number of thiophene rings is 1. The van der Waals surface area contributed by atoms with Crippen LogP contribution in [0, 0.1) is 5.41 Å². The topological polar surface area (TPSA) is 53.1 Å². The molecule has 0 atom stereocenters. The Labute approximate surface area is 108 Å². The quantitative estimate of drug-likeness (QED) is 0.627. The highest BCUT2D eigenvalue weighted by molar-refractivity contribution is 9.11. The average Bonchev–Trinajstić information content (AvgIpc) is 2.98. The van der Waals surface area contributed by atoms with Crippen LogP contribution in [0.25, 0.3) is 0 Å². The third-order valence-corrected chi connectivity index (χ3v) is 4.33. The van der Waals surface area contributed by atoms with Crippen LogP contribution >= 0.6 is 27.3 Å². The van der Waals surface area contributed by atoms with E-state index in [0.29, 0.717) is 6.42 Å². The fourth-order valence-electron chi connectivity index (χ4n) is 1.73. The Balaban J connectivity index is 1.89. The summed E-state index contributed by atoms with van der Waals surface area (Å²) < 4.78 is 1.19. The molecular formula is C11H16BrN3S. The molecule has 0 bridgehead atoms. The Kier molecular flexibility index (Phi) is 4.00. The lowest BCUT2D eigenvalue weighted by Gasteiger charge is -2.20. The van der Waals surface area contributed by atoms with Crippen LogP contribution in [0.15, 0.2) is 15.9 Å². The van der Waals surface area contributed by atoms with Gasteiger partial charge in [-0.05, 0) is 40.9 Å². The molecule has 0 spiro atoms. The van der Waals surface area contributed by atoms with E-state index in [0.717, 1.165) is 19.1 Å². The summed E-state index contributed by atoms with van der Waals surface area (Å²) in [7, 11) is 0. The molecule has 1 aromatic heterocycles. The number of nitrogens with zero attached hydrogens (tertiary/aromatic N) is 1. The number of halogens is 1. The molecule has 1 aliphatic carbocycles. The summed E-state index contributed by atoms with van der Waals surface area (Å²) in [6.45, 7) is 1.91. The van der Waals surface area contributed by atoms with Gasteiger partial charge in [0, 0.05) is 30.4 Å². The highest BCUT2D eigenvalue weighted by atomic mass is 79.9. The highest BCUT2D eigenvalue weighted by Crippen LogP contribution is 2.30. The van der Waals surface area contributed by atoms with Crippen molar-refractivity contribution in [2.45, 2.75) is 31.8 Å². The summed E-state index contributed by atoms with van der Waals surface area (Å²) >= 11 is 5.27. The van der Waals surface area contributed by atoms with Crippen LogP contribution in [0.5, 0.6) is 0 Å². The Morgan fingerprint density at radius 2 is 2.31 bits per heavy atom. The van der Waals surface area contributed by atoms with Gasteiger partial charge in [0.2, 0.25) is 0 Å². The molecule has 0 saturated heterocycles. The van der Waals surface area contributed by atoms with Gasteiger partial charge in [0.05, 0.1) is 9.62 Å². The summed E-state index contributed by atoms with van der Waals surface area (Å²) in [5, 5.41) is 7.28. The zero-order valence-corrected chi connectivity index (χ0v) is 11.5. The van der Waals surface area contributed by atoms with E-state index in [1.54, 1.807) is 11.3 Å². The van der Waals surface area contributed by atoms with Gasteiger partial charge in [0.1, 0.15) is 0 Å². The first-order chi connectivity index (χ1) is 7.65. The van der Waals surface area contributed by atoms with Gasteiger partial charge >= 0.3 is 0 Å². The molecule has 5 heteroatoms. The van der Waals surface area contributed by atoms with E-state index in [4.69, 9.17) is 11.1 Å². The molecule has 3 nitrogen and oxygen atoms in total. The van der Waals surface area contributed by atoms with Crippen LogP contribution in [0.3, 0.4) is 0 Å². The van der Waals surface area contributed by atoms with E-state index in [9.17, 15) is 0 Å². The Hall–Kier alpha value is -0.390. The number of hydrogen-bond donors (Lipinski definition) is 2. The number of hydrogen-bond acceptors (Lipinski definition) is 3. The molecule has 1 heterocycles. The predicted molar refractivity (Wildman–Crippen MR) is 72.0 cm³/mol. The van der Waals surface area contributed by atoms with Crippen molar-refractivity contribution in [2.75, 3.05) is 6.54 Å². The summed E-state index contributed by atoms with van der Waals surface area (Å²) in [5.74, 6) is 0.290. The average molecular weight is 302 g/mol. The highest BCUT2D eigenvalue weighted by Gasteiger charge is 2.28. The predicted octanol–water partition coefficient (Wildman–Crippen LogP) is 2.80. The molecule has 16 heavy (non-hydrogen) atoms. The lowest BCUT2D eigenvalue weighted by Crippen LogP contribution is -2.29. The molecule has 1 aromatic rings. The summed E-state index contributed by atoms with van der Waals surface area (Å²) in [6.07, 6.45) is 3.28. The monoisotopic (exact) mass is 301 g/mol. The van der Waals surface area contributed by atoms with Gasteiger partial charge < -0.3 is 5.73 Å². The maximum Gasteiger partial charge on any atom is 0.0918 e. The number of rotatable bonds is 6. The number of nitrogens with one attached hydrogen (secondary N) is 1. The number of nitrogens with two attached hydrogens (primary N) is 1. The number of amidine groups is 1. The Bertz CT molecular complexity index is 373. The van der Waals surface area contributed by atoms with Gasteiger partial charge in [-0.1, -0.05) is 0 Å². The van der Waals surface area contributed by atoms with Crippen molar-refractivity contribution in [1.82, 2.24) is 4.90 Å². The second-order valence-electron chi connectivity index (χ2n) is 4.18. The van der Waals surface area contributed by atoms with Crippen LogP contribution in [-0.2, 0) is 6.54 Å². The minimum absolute atomic E-state index is 0.290. The smallest absolute Gasteiger partial charge is 0.0918 e. The molecule has 0 aromatic carbocycles. The normalized spacial score (nSPS) is 15.6. The van der Waals surface area contributed by atoms with E-state index in [1.165, 1.54) is 21.5 Å². The van der Waals surface area contributed by atoms with Crippen molar-refractivity contribution in [1.29, 1.82) is 5.41 Å². The van der Waals surface area contributed by atoms with Gasteiger partial charge in [0.15, 0.2) is 0 Å². The first-order valence-corrected chi connectivity index (χ1v) is 7.07. The molecule has 1 aliphatic rings. The molecule has 0 unspecified atom stereocenters. The first-order valence-electron chi connectivity index (χ1n) is 5.46. The molecule has 2 rings (SSSR count). The Morgan fingerprint density at radius 1 is 1.56 bits per heavy atom. The van der Waals surface area contributed by atoms with Gasteiger partial charge in [0.25, 0.3) is 0 Å². The van der Waals surface area contributed by atoms with Crippen molar-refractivity contribution in [2.24, 2.45) is 5.73 Å². The summed E-state index contributed by atoms with van der Waals surface area (Å²) in [4.78, 5) is 3.82. The SMILES string of the molecule is N=C(N)CCN(Cc1ccc(Br)s1)C1CC1. The van der Waals surface area contributed by atoms with E-state index in [-0.39, 0.29) is 5.84 Å². The van der Waals surface area contributed by atoms with Crippen LogP contribution in [0.2, 0.25) is 0 Å². The third kappa shape index (κ3) is 3.57. The third-order valence-electron chi connectivity index (χ3n) is 2.72. The minimum atomic E-state index is 0.290. The zero-order chi connectivity index (χ0) is 11.5. The van der Waals surface area contributed by atoms with Crippen molar-refractivity contribution < 1.29 is 0 Å². The van der Waals surface area contributed by atoms with E-state index < -0.39 is 0 Å². The zero-order valence-electron chi connectivity index (χ0n) is 9.08. The fourth-order valence-corrected chi connectivity index (χ4v) is 3.24. The molecule has 88 valence electrons. The van der Waals surface area contributed by atoms with Crippen molar-refractivity contribution >= 4 is 33.1 Å². The Morgan fingerprint density at radius 3 is 2.81 bits per heavy atom. The second kappa shape index (κ2) is 5.29. The molecule has 3 N–H and O–H groups in total. The van der Waals surface area contributed by atoms with Crippen LogP contribution in [-0.4, -0.2) is 23.3 Å². The molecule has 1 saturated carbocycles. The molecular weight excluding hydrogens is 286 g/mol. The first kappa shape index (κ1) is 12.1. The molecule has 0 radical (unpaired) electrons. The lowest BCUT2D eigenvalue weighted by atomic mass is 10.3. The standard InChI is InChI=1S/C11H16BrN3S/c12-10-4-3-9(16-10)7-15(8-1-2-8)6-5-11(13)14/h3-4,8H,1-2,5-7H2,(H3,13,14). The van der Waals surface area contributed by atoms with Gasteiger partial charge in [-0.15, -0.1) is 11.3 Å². The van der Waals surface area contributed by atoms with Gasteiger partial charge in [-0.25, -0.2) is 0 Å². The van der Waals surface area contributed by atoms with Crippen LogP contribution < -0.4 is 5.73 Å². The maximum atomic E-state index is 7.28. The second-order valence-corrected chi connectivity index (χ2v) is 6.73. The van der Waals surface area contributed by atoms with Gasteiger partial charge in [-0.3, -0.25) is 10.3 Å². The van der Waals surface area contributed by atoms with Gasteiger partial charge in [-0.2, -0.15) is 0 Å². The summed E-state index contributed by atoms with van der Waals surface area (Å²) in [6, 6.07) is 4.98. The van der Waals surface area contributed by atoms with Crippen molar-refractivity contribution in [3.05, 3.63) is 20.8 Å². The summed E-state index contributed by atoms with van der Waals surface area (Å²) in [5.41, 5.74) is 5.41. The lowest BCUT2D eigenvalue weighted by molar-refractivity contribution is 0.264. The molecule has 0 amide bonds. The maximum absolute atomic E-state index is 7.28. The largest absolute Gasteiger partial charge is 0.388 e.